The number of nitrogens with zero attached hydrogens (tertiary/aromatic N) is 2. The van der Waals surface area contributed by atoms with Crippen molar-refractivity contribution in [1.29, 1.82) is 0 Å². The lowest BCUT2D eigenvalue weighted by Crippen LogP contribution is -1.98. The Morgan fingerprint density at radius 1 is 1.41 bits per heavy atom. The van der Waals surface area contributed by atoms with E-state index in [4.69, 9.17) is 4.42 Å². The molecule has 4 nitrogen and oxygen atoms in total. The Morgan fingerprint density at radius 3 is 2.76 bits per heavy atom. The van der Waals surface area contributed by atoms with E-state index in [2.05, 4.69) is 10.2 Å². The fourth-order valence-electron chi connectivity index (χ4n) is 1.43. The predicted octanol–water partition coefficient (Wildman–Crippen LogP) is 2.72. The van der Waals surface area contributed by atoms with Crippen molar-refractivity contribution in [3.05, 3.63) is 35.5 Å². The number of hydrogen-bond donors (Lipinski definition) is 1. The Hall–Kier alpha value is -1.40. The van der Waals surface area contributed by atoms with E-state index in [1.807, 2.05) is 0 Å². The zero-order chi connectivity index (χ0) is 12.4. The summed E-state index contributed by atoms with van der Waals surface area (Å²) in [4.78, 5) is 0.573. The molecule has 90 valence electrons. The van der Waals surface area contributed by atoms with Crippen LogP contribution in [-0.4, -0.2) is 15.3 Å². The van der Waals surface area contributed by atoms with E-state index >= 15 is 0 Å². The second-order valence-electron chi connectivity index (χ2n) is 3.52. The zero-order valence-electron chi connectivity index (χ0n) is 9.35. The molecule has 0 aliphatic heterocycles. The van der Waals surface area contributed by atoms with Gasteiger partial charge in [-0.15, -0.1) is 10.2 Å². The number of aryl methyl sites for hydroxylation is 1. The summed E-state index contributed by atoms with van der Waals surface area (Å²) < 4.78 is 18.8. The number of hydrogen-bond acceptors (Lipinski definition) is 5. The molecule has 0 amide bonds. The van der Waals surface area contributed by atoms with Crippen LogP contribution >= 0.6 is 11.8 Å². The topological polar surface area (TPSA) is 59.2 Å². The van der Waals surface area contributed by atoms with Crippen LogP contribution in [0.2, 0.25) is 0 Å². The Bertz CT molecular complexity index is 528. The molecule has 1 heterocycles. The summed E-state index contributed by atoms with van der Waals surface area (Å²) in [7, 11) is 0. The van der Waals surface area contributed by atoms with Gasteiger partial charge in [-0.05, 0) is 30.8 Å². The molecule has 0 bridgehead atoms. The number of aliphatic hydroxyl groups excluding tert-OH is 1. The number of benzene rings is 1. The molecule has 1 N–H and O–H groups in total. The van der Waals surface area contributed by atoms with E-state index in [-0.39, 0.29) is 5.56 Å². The maximum atomic E-state index is 13.6. The van der Waals surface area contributed by atoms with Crippen molar-refractivity contribution < 1.29 is 13.9 Å². The van der Waals surface area contributed by atoms with Crippen molar-refractivity contribution in [1.82, 2.24) is 10.2 Å². The molecule has 0 saturated carbocycles. The number of aliphatic hydroxyl groups is 1. The molecule has 0 fully saturated rings. The number of aromatic nitrogens is 2. The van der Waals surface area contributed by atoms with E-state index in [1.165, 1.54) is 13.0 Å². The lowest BCUT2D eigenvalue weighted by Gasteiger charge is -2.10. The minimum atomic E-state index is -0.886. The largest absolute Gasteiger partial charge is 0.416 e. The first kappa shape index (κ1) is 12.1. The molecule has 1 unspecified atom stereocenters. The van der Waals surface area contributed by atoms with Crippen molar-refractivity contribution in [3.8, 4) is 0 Å². The number of halogens is 1. The second-order valence-corrected chi connectivity index (χ2v) is 4.51. The molecule has 2 aromatic rings. The molecule has 0 radical (unpaired) electrons. The lowest BCUT2D eigenvalue weighted by molar-refractivity contribution is 0.191. The van der Waals surface area contributed by atoms with Gasteiger partial charge in [-0.2, -0.15) is 0 Å². The summed E-state index contributed by atoms with van der Waals surface area (Å²) in [6.07, 6.45) is -0.886. The van der Waals surface area contributed by atoms with Gasteiger partial charge < -0.3 is 9.52 Å². The Balaban J connectivity index is 2.35. The second kappa shape index (κ2) is 4.85. The molecule has 0 saturated heterocycles. The van der Waals surface area contributed by atoms with Crippen molar-refractivity contribution in [2.45, 2.75) is 30.1 Å². The highest BCUT2D eigenvalue weighted by molar-refractivity contribution is 7.99. The van der Waals surface area contributed by atoms with E-state index < -0.39 is 11.9 Å². The van der Waals surface area contributed by atoms with Crippen molar-refractivity contribution in [3.63, 3.8) is 0 Å². The summed E-state index contributed by atoms with van der Waals surface area (Å²) in [5.41, 5.74) is 0.244. The van der Waals surface area contributed by atoms with Crippen molar-refractivity contribution >= 4 is 11.8 Å². The molecule has 1 aromatic carbocycles. The van der Waals surface area contributed by atoms with Gasteiger partial charge in [0.15, 0.2) is 0 Å². The highest BCUT2D eigenvalue weighted by Crippen LogP contribution is 2.33. The number of rotatable bonds is 3. The first-order valence-electron chi connectivity index (χ1n) is 5.02. The van der Waals surface area contributed by atoms with Gasteiger partial charge in [0.1, 0.15) is 5.82 Å². The van der Waals surface area contributed by atoms with Crippen LogP contribution in [0, 0.1) is 12.7 Å². The van der Waals surface area contributed by atoms with Crippen LogP contribution < -0.4 is 0 Å². The van der Waals surface area contributed by atoms with Crippen LogP contribution in [0.1, 0.15) is 24.5 Å². The van der Waals surface area contributed by atoms with Gasteiger partial charge in [-0.1, -0.05) is 6.07 Å². The van der Waals surface area contributed by atoms with Crippen molar-refractivity contribution in [2.24, 2.45) is 0 Å². The molecule has 1 aromatic heterocycles. The van der Waals surface area contributed by atoms with Gasteiger partial charge in [-0.25, -0.2) is 4.39 Å². The van der Waals surface area contributed by atoms with E-state index in [1.54, 1.807) is 19.1 Å². The van der Waals surface area contributed by atoms with Crippen LogP contribution in [0.3, 0.4) is 0 Å². The minimum absolute atomic E-state index is 0.244. The van der Waals surface area contributed by atoms with Gasteiger partial charge in [0.2, 0.25) is 5.89 Å². The molecule has 0 aliphatic carbocycles. The summed E-state index contributed by atoms with van der Waals surface area (Å²) in [6, 6.07) is 4.59. The Labute approximate surface area is 102 Å². The molecule has 17 heavy (non-hydrogen) atoms. The Morgan fingerprint density at radius 2 is 2.18 bits per heavy atom. The first-order valence-corrected chi connectivity index (χ1v) is 5.84. The van der Waals surface area contributed by atoms with Gasteiger partial charge in [0, 0.05) is 17.4 Å². The third-order valence-corrected chi connectivity index (χ3v) is 3.05. The molecule has 1 atom stereocenters. The van der Waals surface area contributed by atoms with E-state index in [0.29, 0.717) is 16.0 Å². The monoisotopic (exact) mass is 254 g/mol. The summed E-state index contributed by atoms with van der Waals surface area (Å²) in [5.74, 6) is 0.00346. The molecular weight excluding hydrogens is 243 g/mol. The maximum Gasteiger partial charge on any atom is 0.281 e. The minimum Gasteiger partial charge on any atom is -0.416 e. The van der Waals surface area contributed by atoms with Crippen LogP contribution in [0.5, 0.6) is 0 Å². The van der Waals surface area contributed by atoms with E-state index in [0.717, 1.165) is 11.8 Å². The van der Waals surface area contributed by atoms with Gasteiger partial charge >= 0.3 is 0 Å². The third kappa shape index (κ3) is 2.65. The molecule has 2 rings (SSSR count). The van der Waals surface area contributed by atoms with Crippen LogP contribution in [-0.2, 0) is 0 Å². The molecule has 0 aliphatic rings. The fraction of sp³-hybridized carbons (Fsp3) is 0.273. The standard InChI is InChI=1S/C11H11FN2O2S/c1-6(15)10-8(12)4-3-5-9(10)17-11-14-13-7(2)16-11/h3-6,15H,1-2H3. The third-order valence-electron chi connectivity index (χ3n) is 2.14. The Kier molecular flexibility index (Phi) is 3.44. The fourth-order valence-corrected chi connectivity index (χ4v) is 2.38. The first-order chi connectivity index (χ1) is 8.08. The highest BCUT2D eigenvalue weighted by atomic mass is 32.2. The molecule has 6 heteroatoms. The van der Waals surface area contributed by atoms with E-state index in [9.17, 15) is 9.50 Å². The summed E-state index contributed by atoms with van der Waals surface area (Å²) in [6.45, 7) is 3.19. The normalized spacial score (nSPS) is 12.7. The maximum absolute atomic E-state index is 13.6. The molecule has 0 spiro atoms. The average Bonchev–Trinajstić information content (AvgIpc) is 2.63. The smallest absolute Gasteiger partial charge is 0.281 e. The predicted molar refractivity (Wildman–Crippen MR) is 60.2 cm³/mol. The van der Waals surface area contributed by atoms with Gasteiger partial charge in [0.05, 0.1) is 6.10 Å². The molecular formula is C11H11FN2O2S. The van der Waals surface area contributed by atoms with Crippen LogP contribution in [0.25, 0.3) is 0 Å². The SMILES string of the molecule is Cc1nnc(Sc2cccc(F)c2C(C)O)o1. The highest BCUT2D eigenvalue weighted by Gasteiger charge is 2.16. The zero-order valence-corrected chi connectivity index (χ0v) is 10.2. The summed E-state index contributed by atoms with van der Waals surface area (Å²) >= 11 is 1.14. The quantitative estimate of drug-likeness (QED) is 0.912. The van der Waals surface area contributed by atoms with Crippen molar-refractivity contribution in [2.75, 3.05) is 0 Å². The van der Waals surface area contributed by atoms with Gasteiger partial charge in [-0.3, -0.25) is 0 Å². The van der Waals surface area contributed by atoms with Gasteiger partial charge in [0.25, 0.3) is 5.22 Å². The van der Waals surface area contributed by atoms with Crippen LogP contribution in [0.15, 0.2) is 32.7 Å². The summed E-state index contributed by atoms with van der Waals surface area (Å²) in [5, 5.41) is 17.4. The average molecular weight is 254 g/mol. The lowest BCUT2D eigenvalue weighted by atomic mass is 10.1. The van der Waals surface area contributed by atoms with Crippen LogP contribution in [0.4, 0.5) is 4.39 Å².